The van der Waals surface area contributed by atoms with Crippen LogP contribution in [0, 0.1) is 0 Å². The van der Waals surface area contributed by atoms with Gasteiger partial charge in [0.2, 0.25) is 11.8 Å². The number of aliphatic carboxylic acids is 1. The minimum atomic E-state index is -3.37. The van der Waals surface area contributed by atoms with Crippen LogP contribution in [0.1, 0.15) is 38.5 Å². The van der Waals surface area contributed by atoms with E-state index < -0.39 is 20.6 Å². The Hall–Kier alpha value is -1.44. The van der Waals surface area contributed by atoms with Crippen molar-refractivity contribution in [3.63, 3.8) is 0 Å². The van der Waals surface area contributed by atoms with Crippen LogP contribution in [0.5, 0.6) is 0 Å². The molecule has 0 aliphatic heterocycles. The molecule has 0 saturated heterocycles. The molecule has 1 aromatic rings. The Morgan fingerprint density at radius 3 is 2.50 bits per heavy atom. The van der Waals surface area contributed by atoms with Gasteiger partial charge >= 0.3 is 5.97 Å². The Morgan fingerprint density at radius 1 is 1.39 bits per heavy atom. The number of rotatable bonds is 6. The van der Waals surface area contributed by atoms with Gasteiger partial charge in [-0.3, -0.25) is 4.79 Å². The van der Waals surface area contributed by atoms with Gasteiger partial charge in [0, 0.05) is 19.1 Å². The van der Waals surface area contributed by atoms with Crippen molar-refractivity contribution in [2.75, 3.05) is 6.26 Å². The molecular weight excluding hydrogens is 260 g/mol. The maximum Gasteiger partial charge on any atom is 0.303 e. The lowest BCUT2D eigenvalue weighted by Gasteiger charge is -2.16. The molecule has 0 radical (unpaired) electrons. The topological polar surface area (TPSA) is 110 Å². The number of hydrogen-bond donors (Lipinski definition) is 1. The number of sulfone groups is 1. The number of carbonyl (C=O) groups is 1. The van der Waals surface area contributed by atoms with E-state index >= 15 is 0 Å². The molecule has 0 unspecified atom stereocenters. The van der Waals surface area contributed by atoms with Crippen LogP contribution >= 0.6 is 0 Å². The highest BCUT2D eigenvalue weighted by Crippen LogP contribution is 2.27. The van der Waals surface area contributed by atoms with Gasteiger partial charge in [0.05, 0.1) is 0 Å². The van der Waals surface area contributed by atoms with E-state index in [0.717, 1.165) is 6.26 Å². The summed E-state index contributed by atoms with van der Waals surface area (Å²) < 4.78 is 27.1. The number of hydrogen-bond acceptors (Lipinski definition) is 6. The second kappa shape index (κ2) is 5.05. The van der Waals surface area contributed by atoms with E-state index in [2.05, 4.69) is 10.2 Å². The first kappa shape index (κ1) is 14.6. The molecule has 0 bridgehead atoms. The second-order valence-electron chi connectivity index (χ2n) is 4.53. The van der Waals surface area contributed by atoms with Crippen molar-refractivity contribution < 1.29 is 22.7 Å². The third kappa shape index (κ3) is 3.28. The van der Waals surface area contributed by atoms with Gasteiger partial charge in [-0.2, -0.15) is 0 Å². The molecule has 0 atom stereocenters. The lowest BCUT2D eigenvalue weighted by atomic mass is 10.2. The summed E-state index contributed by atoms with van der Waals surface area (Å²) in [6.45, 7) is 2.97. The Bertz CT molecular complexity index is 532. The Kier molecular flexibility index (Phi) is 4.10. The monoisotopic (exact) mass is 276 g/mol. The quantitative estimate of drug-likeness (QED) is 0.816. The normalized spacial score (nSPS) is 12.6. The van der Waals surface area contributed by atoms with Crippen molar-refractivity contribution >= 4 is 15.8 Å². The molecule has 1 rings (SSSR count). The fourth-order valence-electron chi connectivity index (χ4n) is 1.15. The van der Waals surface area contributed by atoms with Gasteiger partial charge < -0.3 is 9.52 Å². The molecule has 0 fully saturated rings. The fourth-order valence-corrected chi connectivity index (χ4v) is 1.55. The second-order valence-corrected chi connectivity index (χ2v) is 7.10. The van der Waals surface area contributed by atoms with Crippen molar-refractivity contribution in [3.05, 3.63) is 11.8 Å². The first-order chi connectivity index (χ1) is 8.14. The van der Waals surface area contributed by atoms with Gasteiger partial charge in [0.15, 0.2) is 9.84 Å². The van der Waals surface area contributed by atoms with Gasteiger partial charge in [-0.25, -0.2) is 8.42 Å². The summed E-state index contributed by atoms with van der Waals surface area (Å²) in [6, 6.07) is 0. The van der Waals surface area contributed by atoms with Crippen LogP contribution in [0.15, 0.2) is 4.42 Å². The highest BCUT2D eigenvalue weighted by molar-refractivity contribution is 7.91. The van der Waals surface area contributed by atoms with Crippen LogP contribution in [0.3, 0.4) is 0 Å². The number of nitrogens with zero attached hydrogens (tertiary/aromatic N) is 2. The fraction of sp³-hybridized carbons (Fsp3) is 0.700. The minimum absolute atomic E-state index is 0.00713. The summed E-state index contributed by atoms with van der Waals surface area (Å²) in [4.78, 5) is 10.3. The molecule has 0 amide bonds. The molecule has 18 heavy (non-hydrogen) atoms. The smallest absolute Gasteiger partial charge is 0.303 e. The van der Waals surface area contributed by atoms with Gasteiger partial charge in [-0.05, 0) is 20.3 Å². The van der Waals surface area contributed by atoms with Crippen LogP contribution in [0.2, 0.25) is 0 Å². The summed E-state index contributed by atoms with van der Waals surface area (Å²) in [5.74, 6) is -0.621. The van der Waals surface area contributed by atoms with E-state index in [1.54, 1.807) is 0 Å². The zero-order valence-electron chi connectivity index (χ0n) is 10.5. The van der Waals surface area contributed by atoms with Gasteiger partial charge in [-0.15, -0.1) is 10.2 Å². The van der Waals surface area contributed by atoms with Crippen molar-refractivity contribution in [3.8, 4) is 0 Å². The lowest BCUT2D eigenvalue weighted by molar-refractivity contribution is -0.137. The third-order valence-corrected chi connectivity index (χ3v) is 4.72. The van der Waals surface area contributed by atoms with Crippen LogP contribution in [0.25, 0.3) is 0 Å². The zero-order valence-corrected chi connectivity index (χ0v) is 11.3. The molecule has 7 nitrogen and oxygen atoms in total. The van der Waals surface area contributed by atoms with E-state index in [1.165, 1.54) is 13.8 Å². The summed E-state index contributed by atoms with van der Waals surface area (Å²) in [5.41, 5.74) is 0. The number of aryl methyl sites for hydroxylation is 1. The summed E-state index contributed by atoms with van der Waals surface area (Å²) >= 11 is 0. The SMILES string of the molecule is CC(C)(c1nnc(CCCC(=O)O)o1)S(C)(=O)=O. The van der Waals surface area contributed by atoms with E-state index in [-0.39, 0.29) is 18.2 Å². The Labute approximate surface area is 105 Å². The number of aromatic nitrogens is 2. The van der Waals surface area contributed by atoms with E-state index in [1.807, 2.05) is 0 Å². The average Bonchev–Trinajstić information content (AvgIpc) is 2.64. The largest absolute Gasteiger partial charge is 0.481 e. The number of carboxylic acids is 1. The summed E-state index contributed by atoms with van der Waals surface area (Å²) in [6.07, 6.45) is 1.80. The zero-order chi connectivity index (χ0) is 14.0. The predicted molar refractivity (Wildman–Crippen MR) is 62.7 cm³/mol. The van der Waals surface area contributed by atoms with Crippen LogP contribution in [-0.2, 0) is 25.8 Å². The highest BCUT2D eigenvalue weighted by Gasteiger charge is 2.37. The third-order valence-electron chi connectivity index (χ3n) is 2.69. The maximum absolute atomic E-state index is 11.6. The molecule has 0 aromatic carbocycles. The van der Waals surface area contributed by atoms with E-state index in [9.17, 15) is 13.2 Å². The maximum atomic E-state index is 11.6. The van der Waals surface area contributed by atoms with Gasteiger partial charge in [0.25, 0.3) is 0 Å². The van der Waals surface area contributed by atoms with Crippen molar-refractivity contribution in [2.24, 2.45) is 0 Å². The molecule has 0 saturated carbocycles. The molecule has 0 aliphatic carbocycles. The molecule has 8 heteroatoms. The summed E-state index contributed by atoms with van der Waals surface area (Å²) in [7, 11) is -3.37. The van der Waals surface area contributed by atoms with Crippen molar-refractivity contribution in [1.82, 2.24) is 10.2 Å². The minimum Gasteiger partial charge on any atom is -0.481 e. The van der Waals surface area contributed by atoms with Crippen LogP contribution in [0.4, 0.5) is 0 Å². The standard InChI is InChI=1S/C10H16N2O5S/c1-10(2,18(3,15)16)9-12-11-7(17-9)5-4-6-8(13)14/h4-6H2,1-3H3,(H,13,14). The van der Waals surface area contributed by atoms with Crippen molar-refractivity contribution in [1.29, 1.82) is 0 Å². The Morgan fingerprint density at radius 2 is 2.00 bits per heavy atom. The summed E-state index contributed by atoms with van der Waals surface area (Å²) in [5, 5.41) is 15.9. The molecule has 0 spiro atoms. The molecule has 0 aliphatic rings. The first-order valence-corrected chi connectivity index (χ1v) is 7.28. The first-order valence-electron chi connectivity index (χ1n) is 5.39. The molecular formula is C10H16N2O5S. The van der Waals surface area contributed by atoms with Gasteiger partial charge in [0.1, 0.15) is 4.75 Å². The molecule has 1 heterocycles. The van der Waals surface area contributed by atoms with E-state index in [0.29, 0.717) is 12.8 Å². The number of carboxylic acid groups (broad SMARTS) is 1. The predicted octanol–water partition coefficient (Wildman–Crippen LogP) is 0.757. The highest BCUT2D eigenvalue weighted by atomic mass is 32.2. The van der Waals surface area contributed by atoms with E-state index in [4.69, 9.17) is 9.52 Å². The average molecular weight is 276 g/mol. The molecule has 1 N–H and O–H groups in total. The van der Waals surface area contributed by atoms with Gasteiger partial charge in [-0.1, -0.05) is 0 Å². The Balaban J connectivity index is 2.78. The van der Waals surface area contributed by atoms with Crippen LogP contribution < -0.4 is 0 Å². The molecule has 1 aromatic heterocycles. The van der Waals surface area contributed by atoms with Crippen LogP contribution in [-0.4, -0.2) is 35.9 Å². The van der Waals surface area contributed by atoms with Crippen molar-refractivity contribution in [2.45, 2.75) is 37.9 Å². The lowest BCUT2D eigenvalue weighted by Crippen LogP contribution is -2.28. The molecule has 102 valence electrons.